The summed E-state index contributed by atoms with van der Waals surface area (Å²) in [5.74, 6) is -1.27. The fraction of sp³-hybridized carbons (Fsp3) is 0.364. The summed E-state index contributed by atoms with van der Waals surface area (Å²) in [6, 6.07) is 11.3. The Morgan fingerprint density at radius 3 is 2.28 bits per heavy atom. The van der Waals surface area contributed by atoms with Crippen molar-refractivity contribution in [3.05, 3.63) is 71.3 Å². The second-order valence-electron chi connectivity index (χ2n) is 7.85. The van der Waals surface area contributed by atoms with Gasteiger partial charge in [-0.15, -0.1) is 0 Å². The van der Waals surface area contributed by atoms with E-state index in [9.17, 15) is 18.4 Å². The smallest absolute Gasteiger partial charge is 0.410 e. The van der Waals surface area contributed by atoms with Gasteiger partial charge < -0.3 is 15.0 Å². The summed E-state index contributed by atoms with van der Waals surface area (Å²) in [5.41, 5.74) is 0.520. The first kappa shape index (κ1) is 22.3. The third kappa shape index (κ3) is 7.52. The molecule has 1 unspecified atom stereocenters. The molecule has 0 aliphatic rings. The van der Waals surface area contributed by atoms with Crippen LogP contribution in [0.15, 0.2) is 48.5 Å². The van der Waals surface area contributed by atoms with E-state index in [-0.39, 0.29) is 13.0 Å². The quantitative estimate of drug-likeness (QED) is 0.784. The van der Waals surface area contributed by atoms with Gasteiger partial charge in [0, 0.05) is 7.05 Å². The maximum Gasteiger partial charge on any atom is 0.410 e. The fourth-order valence-corrected chi connectivity index (χ4v) is 2.73. The number of likely N-dealkylation sites (N-methyl/N-ethyl adjacent to an activating group) is 1. The first-order chi connectivity index (χ1) is 13.5. The summed E-state index contributed by atoms with van der Waals surface area (Å²) in [6.45, 7) is 4.97. The molecule has 0 aromatic heterocycles. The number of hydrogen-bond donors (Lipinski definition) is 1. The molecule has 2 amide bonds. The van der Waals surface area contributed by atoms with Crippen molar-refractivity contribution in [1.29, 1.82) is 0 Å². The Morgan fingerprint density at radius 2 is 1.69 bits per heavy atom. The van der Waals surface area contributed by atoms with Crippen LogP contribution >= 0.6 is 0 Å². The van der Waals surface area contributed by atoms with Crippen LogP contribution in [-0.2, 0) is 16.0 Å². The molecule has 0 spiro atoms. The van der Waals surface area contributed by atoms with Crippen molar-refractivity contribution in [3.8, 4) is 0 Å². The van der Waals surface area contributed by atoms with Crippen LogP contribution in [0.5, 0.6) is 0 Å². The lowest BCUT2D eigenvalue weighted by atomic mass is 9.98. The fourth-order valence-electron chi connectivity index (χ4n) is 2.73. The predicted octanol–water partition coefficient (Wildman–Crippen LogP) is 4.23. The number of carbonyl (C=O) groups excluding carboxylic acids is 2. The molecule has 0 heterocycles. The van der Waals surface area contributed by atoms with E-state index in [1.54, 1.807) is 45.0 Å². The van der Waals surface area contributed by atoms with Crippen molar-refractivity contribution in [2.75, 3.05) is 13.6 Å². The predicted molar refractivity (Wildman–Crippen MR) is 106 cm³/mol. The van der Waals surface area contributed by atoms with Gasteiger partial charge in [-0.1, -0.05) is 24.3 Å². The van der Waals surface area contributed by atoms with Crippen LogP contribution in [0.2, 0.25) is 0 Å². The topological polar surface area (TPSA) is 58.6 Å². The van der Waals surface area contributed by atoms with Gasteiger partial charge in [0.05, 0.1) is 6.04 Å². The van der Waals surface area contributed by atoms with E-state index in [4.69, 9.17) is 4.74 Å². The summed E-state index contributed by atoms with van der Waals surface area (Å²) < 4.78 is 32.5. The minimum absolute atomic E-state index is 0.232. The zero-order valence-electron chi connectivity index (χ0n) is 17.0. The number of rotatable bonds is 6. The summed E-state index contributed by atoms with van der Waals surface area (Å²) in [5, 5.41) is 2.80. The molecule has 0 saturated heterocycles. The molecule has 7 heteroatoms. The van der Waals surface area contributed by atoms with E-state index >= 15 is 0 Å². The standard InChI is InChI=1S/C22H26F2N2O3/c1-22(2,3)29-21(28)26(4)14-20(27)25-19(16-8-6-10-18(24)13-16)12-15-7-5-9-17(23)11-15/h5-11,13,19H,12,14H2,1-4H3,(H,25,27). The van der Waals surface area contributed by atoms with Crippen LogP contribution in [-0.4, -0.2) is 36.1 Å². The minimum atomic E-state index is -0.677. The summed E-state index contributed by atoms with van der Waals surface area (Å²) in [6.07, 6.45) is -0.358. The van der Waals surface area contributed by atoms with E-state index in [0.717, 1.165) is 4.90 Å². The first-order valence-corrected chi connectivity index (χ1v) is 9.27. The lowest BCUT2D eigenvalue weighted by molar-refractivity contribution is -0.122. The average molecular weight is 404 g/mol. The van der Waals surface area contributed by atoms with Crippen molar-refractivity contribution in [2.24, 2.45) is 0 Å². The van der Waals surface area contributed by atoms with Crippen molar-refractivity contribution < 1.29 is 23.1 Å². The molecular weight excluding hydrogens is 378 g/mol. The van der Waals surface area contributed by atoms with Crippen molar-refractivity contribution in [3.63, 3.8) is 0 Å². The van der Waals surface area contributed by atoms with E-state index in [2.05, 4.69) is 5.32 Å². The lowest BCUT2D eigenvalue weighted by Gasteiger charge is -2.25. The number of halogens is 2. The molecule has 1 atom stereocenters. The molecule has 2 aromatic rings. The van der Waals surface area contributed by atoms with E-state index in [1.807, 2.05) is 0 Å². The molecule has 2 rings (SSSR count). The van der Waals surface area contributed by atoms with E-state index < -0.39 is 35.3 Å². The number of nitrogens with one attached hydrogen (secondary N) is 1. The highest BCUT2D eigenvalue weighted by Gasteiger charge is 2.23. The molecule has 5 nitrogen and oxygen atoms in total. The van der Waals surface area contributed by atoms with Gasteiger partial charge >= 0.3 is 6.09 Å². The molecule has 2 aromatic carbocycles. The van der Waals surface area contributed by atoms with E-state index in [1.165, 1.54) is 31.3 Å². The second kappa shape index (κ2) is 9.49. The molecule has 0 saturated carbocycles. The third-order valence-electron chi connectivity index (χ3n) is 4.00. The van der Waals surface area contributed by atoms with Gasteiger partial charge in [-0.25, -0.2) is 13.6 Å². The van der Waals surface area contributed by atoms with Crippen LogP contribution in [0.3, 0.4) is 0 Å². The molecule has 156 valence electrons. The normalized spacial score (nSPS) is 12.2. The van der Waals surface area contributed by atoms with E-state index in [0.29, 0.717) is 11.1 Å². The molecule has 29 heavy (non-hydrogen) atoms. The summed E-state index contributed by atoms with van der Waals surface area (Å²) in [4.78, 5) is 25.7. The number of ether oxygens (including phenoxy) is 1. The Hall–Kier alpha value is -2.96. The van der Waals surface area contributed by atoms with Gasteiger partial charge in [-0.2, -0.15) is 0 Å². The summed E-state index contributed by atoms with van der Waals surface area (Å²) >= 11 is 0. The van der Waals surface area contributed by atoms with Gasteiger partial charge in [0.1, 0.15) is 23.8 Å². The van der Waals surface area contributed by atoms with Crippen LogP contribution in [0, 0.1) is 11.6 Å². The lowest BCUT2D eigenvalue weighted by Crippen LogP contribution is -2.42. The van der Waals surface area contributed by atoms with Gasteiger partial charge in [-0.3, -0.25) is 4.79 Å². The Bertz CT molecular complexity index is 865. The Morgan fingerprint density at radius 1 is 1.07 bits per heavy atom. The Kier molecular flexibility index (Phi) is 7.31. The number of carbonyl (C=O) groups is 2. The maximum absolute atomic E-state index is 13.7. The minimum Gasteiger partial charge on any atom is -0.444 e. The number of benzene rings is 2. The van der Waals surface area contributed by atoms with Crippen LogP contribution < -0.4 is 5.32 Å². The molecular formula is C22H26F2N2O3. The molecule has 0 bridgehead atoms. The summed E-state index contributed by atoms with van der Waals surface area (Å²) in [7, 11) is 1.46. The zero-order valence-corrected chi connectivity index (χ0v) is 17.0. The zero-order chi connectivity index (χ0) is 21.6. The van der Waals surface area contributed by atoms with Crippen molar-refractivity contribution in [2.45, 2.75) is 38.8 Å². The molecule has 0 aliphatic carbocycles. The molecule has 0 radical (unpaired) electrons. The van der Waals surface area contributed by atoms with Gasteiger partial charge in [0.2, 0.25) is 5.91 Å². The molecule has 0 fully saturated rings. The third-order valence-corrected chi connectivity index (χ3v) is 4.00. The van der Waals surface area contributed by atoms with Crippen molar-refractivity contribution >= 4 is 12.0 Å². The highest BCUT2D eigenvalue weighted by atomic mass is 19.1. The Balaban J connectivity index is 2.12. The number of amides is 2. The van der Waals surface area contributed by atoms with Gasteiger partial charge in [0.25, 0.3) is 0 Å². The first-order valence-electron chi connectivity index (χ1n) is 9.27. The largest absolute Gasteiger partial charge is 0.444 e. The number of nitrogens with zero attached hydrogens (tertiary/aromatic N) is 1. The second-order valence-corrected chi connectivity index (χ2v) is 7.85. The maximum atomic E-state index is 13.7. The van der Waals surface area contributed by atoms with Crippen LogP contribution in [0.25, 0.3) is 0 Å². The molecule has 0 aliphatic heterocycles. The SMILES string of the molecule is CN(CC(=O)NC(Cc1cccc(F)c1)c1cccc(F)c1)C(=O)OC(C)(C)C. The highest BCUT2D eigenvalue weighted by Crippen LogP contribution is 2.20. The number of hydrogen-bond acceptors (Lipinski definition) is 3. The monoisotopic (exact) mass is 404 g/mol. The van der Waals surface area contributed by atoms with Crippen molar-refractivity contribution in [1.82, 2.24) is 10.2 Å². The van der Waals surface area contributed by atoms with Gasteiger partial charge in [0.15, 0.2) is 0 Å². The van der Waals surface area contributed by atoms with Crippen LogP contribution in [0.1, 0.15) is 37.9 Å². The highest BCUT2D eigenvalue weighted by molar-refractivity contribution is 5.82. The Labute approximate surface area is 169 Å². The van der Waals surface area contributed by atoms with Crippen LogP contribution in [0.4, 0.5) is 13.6 Å². The average Bonchev–Trinajstić information content (AvgIpc) is 2.59. The molecule has 1 N–H and O–H groups in total. The van der Waals surface area contributed by atoms with Gasteiger partial charge in [-0.05, 0) is 62.6 Å².